The van der Waals surface area contributed by atoms with Gasteiger partial charge >= 0.3 is 0 Å². The van der Waals surface area contributed by atoms with Gasteiger partial charge in [0.2, 0.25) is 0 Å². The quantitative estimate of drug-likeness (QED) is 0.588. The van der Waals surface area contributed by atoms with Gasteiger partial charge in [-0.05, 0) is 36.4 Å². The second-order valence-corrected chi connectivity index (χ2v) is 4.94. The van der Waals surface area contributed by atoms with Crippen LogP contribution in [0.25, 0.3) is 16.7 Å². The van der Waals surface area contributed by atoms with Gasteiger partial charge in [0, 0.05) is 16.6 Å². The number of benzene rings is 1. The Morgan fingerprint density at radius 3 is 2.82 bits per heavy atom. The number of nitrogens with zero attached hydrogens (tertiary/aromatic N) is 1. The van der Waals surface area contributed by atoms with Crippen LogP contribution in [0.4, 0.5) is 11.6 Å². The van der Waals surface area contributed by atoms with Crippen LogP contribution in [0.3, 0.4) is 0 Å². The average molecular weight is 296 g/mol. The van der Waals surface area contributed by atoms with Gasteiger partial charge in [0.25, 0.3) is 0 Å². The van der Waals surface area contributed by atoms with Crippen LogP contribution in [0.2, 0.25) is 0 Å². The predicted octanol–water partition coefficient (Wildman–Crippen LogP) is 2.46. The lowest BCUT2D eigenvalue weighted by atomic mass is 10.2. The van der Waals surface area contributed by atoms with E-state index >= 15 is 0 Å². The van der Waals surface area contributed by atoms with E-state index in [1.807, 2.05) is 6.07 Å². The number of aromatic hydroxyl groups is 1. The molecule has 0 spiro atoms. The molecule has 0 amide bonds. The van der Waals surface area contributed by atoms with Crippen molar-refractivity contribution in [2.45, 2.75) is 6.54 Å². The standard InChI is InChI=1S/C16H16N4O2/c1-9(13-3-5-15(17)20-16(13)18)19-8-12-7-10-6-11(21)2-4-14(10)22-12/h2-7,19,21H,1,8H2,(H4,17,18,20). The molecule has 0 fully saturated rings. The number of nitrogen functional groups attached to an aromatic ring is 2. The van der Waals surface area contributed by atoms with Crippen LogP contribution in [0.15, 0.2) is 47.4 Å². The van der Waals surface area contributed by atoms with E-state index in [1.165, 1.54) is 0 Å². The molecule has 2 heterocycles. The van der Waals surface area contributed by atoms with Crippen LogP contribution >= 0.6 is 0 Å². The first-order valence-electron chi connectivity index (χ1n) is 6.69. The zero-order chi connectivity index (χ0) is 15.7. The Labute approximate surface area is 127 Å². The summed E-state index contributed by atoms with van der Waals surface area (Å²) < 4.78 is 5.68. The topological polar surface area (TPSA) is 110 Å². The molecule has 22 heavy (non-hydrogen) atoms. The molecule has 0 saturated carbocycles. The number of hydrogen-bond acceptors (Lipinski definition) is 6. The minimum absolute atomic E-state index is 0.206. The normalized spacial score (nSPS) is 10.7. The third kappa shape index (κ3) is 2.67. The van der Waals surface area contributed by atoms with E-state index < -0.39 is 0 Å². The highest BCUT2D eigenvalue weighted by atomic mass is 16.3. The first-order chi connectivity index (χ1) is 10.5. The molecule has 112 valence electrons. The molecule has 0 aliphatic heterocycles. The van der Waals surface area contributed by atoms with Gasteiger partial charge in [-0.2, -0.15) is 0 Å². The summed E-state index contributed by atoms with van der Waals surface area (Å²) >= 11 is 0. The molecule has 0 bridgehead atoms. The number of nitrogens with two attached hydrogens (primary N) is 2. The summed E-state index contributed by atoms with van der Waals surface area (Å²) in [7, 11) is 0. The summed E-state index contributed by atoms with van der Waals surface area (Å²) in [6.45, 7) is 4.39. The average Bonchev–Trinajstić information content (AvgIpc) is 2.86. The first kappa shape index (κ1) is 13.8. The Balaban J connectivity index is 1.74. The fourth-order valence-corrected chi connectivity index (χ4v) is 2.21. The summed E-state index contributed by atoms with van der Waals surface area (Å²) in [4.78, 5) is 4.00. The summed E-state index contributed by atoms with van der Waals surface area (Å²) in [6, 6.07) is 10.3. The van der Waals surface area contributed by atoms with Crippen molar-refractivity contribution in [3.8, 4) is 5.75 Å². The molecule has 0 aliphatic rings. The Morgan fingerprint density at radius 2 is 2.05 bits per heavy atom. The van der Waals surface area contributed by atoms with Crippen molar-refractivity contribution in [3.63, 3.8) is 0 Å². The lowest BCUT2D eigenvalue weighted by molar-refractivity contribution is 0.475. The molecule has 6 heteroatoms. The highest BCUT2D eigenvalue weighted by molar-refractivity contribution is 5.79. The molecule has 3 rings (SSSR count). The zero-order valence-corrected chi connectivity index (χ0v) is 11.8. The third-order valence-corrected chi connectivity index (χ3v) is 3.30. The number of pyridine rings is 1. The third-order valence-electron chi connectivity index (χ3n) is 3.30. The van der Waals surface area contributed by atoms with Crippen molar-refractivity contribution in [1.82, 2.24) is 10.3 Å². The summed E-state index contributed by atoms with van der Waals surface area (Å²) in [6.07, 6.45) is 0. The first-order valence-corrected chi connectivity index (χ1v) is 6.69. The second-order valence-electron chi connectivity index (χ2n) is 4.94. The highest BCUT2D eigenvalue weighted by Crippen LogP contribution is 2.24. The van der Waals surface area contributed by atoms with Crippen molar-refractivity contribution in [1.29, 1.82) is 0 Å². The minimum Gasteiger partial charge on any atom is -0.508 e. The van der Waals surface area contributed by atoms with E-state index in [4.69, 9.17) is 15.9 Å². The van der Waals surface area contributed by atoms with Crippen LogP contribution in [-0.4, -0.2) is 10.1 Å². The van der Waals surface area contributed by atoms with Gasteiger partial charge in [0.1, 0.15) is 28.7 Å². The van der Waals surface area contributed by atoms with Gasteiger partial charge in [0.05, 0.1) is 6.54 Å². The van der Waals surface area contributed by atoms with E-state index in [2.05, 4.69) is 16.9 Å². The molecular formula is C16H16N4O2. The van der Waals surface area contributed by atoms with E-state index in [0.717, 1.165) is 11.1 Å². The molecule has 2 aromatic heterocycles. The molecule has 6 N–H and O–H groups in total. The maximum absolute atomic E-state index is 9.46. The van der Waals surface area contributed by atoms with Crippen LogP contribution in [0.5, 0.6) is 5.75 Å². The number of nitrogens with one attached hydrogen (secondary N) is 1. The molecular weight excluding hydrogens is 280 g/mol. The van der Waals surface area contributed by atoms with Gasteiger partial charge in [-0.3, -0.25) is 0 Å². The molecule has 0 unspecified atom stereocenters. The summed E-state index contributed by atoms with van der Waals surface area (Å²) in [5.74, 6) is 1.62. The summed E-state index contributed by atoms with van der Waals surface area (Å²) in [5.41, 5.74) is 13.4. The number of rotatable bonds is 4. The Morgan fingerprint density at radius 1 is 1.23 bits per heavy atom. The number of hydrogen-bond donors (Lipinski definition) is 4. The fraction of sp³-hybridized carbons (Fsp3) is 0.0625. The van der Waals surface area contributed by atoms with Crippen molar-refractivity contribution < 1.29 is 9.52 Å². The van der Waals surface area contributed by atoms with E-state index in [0.29, 0.717) is 35.0 Å². The fourth-order valence-electron chi connectivity index (χ4n) is 2.21. The molecule has 0 aliphatic carbocycles. The van der Waals surface area contributed by atoms with Gasteiger partial charge in [0.15, 0.2) is 0 Å². The second kappa shape index (κ2) is 5.33. The largest absolute Gasteiger partial charge is 0.508 e. The number of anilines is 2. The monoisotopic (exact) mass is 296 g/mol. The number of phenols is 1. The molecule has 0 atom stereocenters. The minimum atomic E-state index is 0.206. The predicted molar refractivity (Wildman–Crippen MR) is 86.8 cm³/mol. The van der Waals surface area contributed by atoms with Crippen molar-refractivity contribution in [2.75, 3.05) is 11.5 Å². The smallest absolute Gasteiger partial charge is 0.135 e. The molecule has 1 aromatic carbocycles. The number of fused-ring (bicyclic) bond motifs is 1. The van der Waals surface area contributed by atoms with Gasteiger partial charge < -0.3 is 26.3 Å². The number of phenolic OH excluding ortho intramolecular Hbond substituents is 1. The molecule has 3 aromatic rings. The Kier molecular flexibility index (Phi) is 3.34. The van der Waals surface area contributed by atoms with Gasteiger partial charge in [-0.1, -0.05) is 6.58 Å². The maximum Gasteiger partial charge on any atom is 0.135 e. The lowest BCUT2D eigenvalue weighted by Gasteiger charge is -2.10. The lowest BCUT2D eigenvalue weighted by Crippen LogP contribution is -2.12. The van der Waals surface area contributed by atoms with Crippen molar-refractivity contribution >= 4 is 28.3 Å². The molecule has 0 saturated heterocycles. The Hall–Kier alpha value is -3.15. The zero-order valence-electron chi connectivity index (χ0n) is 11.8. The van der Waals surface area contributed by atoms with Gasteiger partial charge in [-0.25, -0.2) is 4.98 Å². The van der Waals surface area contributed by atoms with E-state index in [-0.39, 0.29) is 5.75 Å². The maximum atomic E-state index is 9.46. The van der Waals surface area contributed by atoms with Crippen LogP contribution in [0.1, 0.15) is 11.3 Å². The van der Waals surface area contributed by atoms with Crippen LogP contribution in [0, 0.1) is 0 Å². The van der Waals surface area contributed by atoms with Crippen LogP contribution in [-0.2, 0) is 6.54 Å². The number of furan rings is 1. The van der Waals surface area contributed by atoms with Crippen molar-refractivity contribution in [3.05, 3.63) is 54.3 Å². The van der Waals surface area contributed by atoms with Crippen LogP contribution < -0.4 is 16.8 Å². The number of aromatic nitrogens is 1. The SMILES string of the molecule is C=C(NCc1cc2cc(O)ccc2o1)c1ccc(N)nc1N. The van der Waals surface area contributed by atoms with E-state index in [9.17, 15) is 5.11 Å². The molecule has 0 radical (unpaired) electrons. The summed E-state index contributed by atoms with van der Waals surface area (Å²) in [5, 5.41) is 13.4. The van der Waals surface area contributed by atoms with E-state index in [1.54, 1.807) is 30.3 Å². The van der Waals surface area contributed by atoms with Gasteiger partial charge in [-0.15, -0.1) is 0 Å². The van der Waals surface area contributed by atoms with Crippen molar-refractivity contribution in [2.24, 2.45) is 0 Å². The Bertz CT molecular complexity index is 854. The molecule has 6 nitrogen and oxygen atoms in total. The highest BCUT2D eigenvalue weighted by Gasteiger charge is 2.08.